The van der Waals surface area contributed by atoms with Crippen molar-refractivity contribution in [3.63, 3.8) is 0 Å². The van der Waals surface area contributed by atoms with Crippen molar-refractivity contribution in [2.75, 3.05) is 32.6 Å². The van der Waals surface area contributed by atoms with Crippen LogP contribution in [0.25, 0.3) is 33.0 Å². The highest BCUT2D eigenvalue weighted by Crippen LogP contribution is 2.38. The van der Waals surface area contributed by atoms with E-state index in [1.807, 2.05) is 48.5 Å². The Morgan fingerprint density at radius 1 is 1.00 bits per heavy atom. The number of methoxy groups -OCH3 is 2. The first-order valence-electron chi connectivity index (χ1n) is 12.4. The van der Waals surface area contributed by atoms with Gasteiger partial charge in [-0.3, -0.25) is 4.79 Å². The van der Waals surface area contributed by atoms with Gasteiger partial charge < -0.3 is 28.8 Å². The van der Waals surface area contributed by atoms with Crippen LogP contribution in [0.3, 0.4) is 0 Å². The minimum Gasteiger partial charge on any atom is -0.495 e. The molecule has 0 unspecified atom stereocenters. The standard InChI is InChI=1S/C30H26N4O5/c1-4-29(35)34-15-21(16-34)39-28-13-22-23(14-27(28)37-3)31-17-32-30(22)33-24-12-19(6-8-26(24)36-2)18-5-7-25-20(11-18)9-10-38-25/h4-14,17,21H,1,15-16H2,2-3H3,(H,31,32,33). The van der Waals surface area contributed by atoms with E-state index in [1.54, 1.807) is 25.4 Å². The van der Waals surface area contributed by atoms with E-state index < -0.39 is 0 Å². The van der Waals surface area contributed by atoms with Crippen molar-refractivity contribution in [3.05, 3.63) is 79.8 Å². The number of nitrogens with zero attached hydrogens (tertiary/aromatic N) is 3. The highest BCUT2D eigenvalue weighted by molar-refractivity contribution is 5.94. The van der Waals surface area contributed by atoms with Crippen LogP contribution >= 0.6 is 0 Å². The summed E-state index contributed by atoms with van der Waals surface area (Å²) in [6.45, 7) is 4.50. The lowest BCUT2D eigenvalue weighted by atomic mass is 10.0. The second-order valence-electron chi connectivity index (χ2n) is 9.14. The SMILES string of the molecule is C=CC(=O)N1CC(Oc2cc3c(Nc4cc(-c5ccc6occc6c5)ccc4OC)ncnc3cc2OC)C1. The molecule has 0 bridgehead atoms. The van der Waals surface area contributed by atoms with Crippen LogP contribution < -0.4 is 19.5 Å². The lowest BCUT2D eigenvalue weighted by Crippen LogP contribution is -2.55. The monoisotopic (exact) mass is 522 g/mol. The second-order valence-corrected chi connectivity index (χ2v) is 9.14. The van der Waals surface area contributed by atoms with Crippen LogP contribution in [0.2, 0.25) is 0 Å². The highest BCUT2D eigenvalue weighted by Gasteiger charge is 2.31. The first-order chi connectivity index (χ1) is 19.1. The molecule has 1 fully saturated rings. The summed E-state index contributed by atoms with van der Waals surface area (Å²) in [5, 5.41) is 5.21. The lowest BCUT2D eigenvalue weighted by molar-refractivity contribution is -0.134. The van der Waals surface area contributed by atoms with Crippen molar-refractivity contribution >= 4 is 39.3 Å². The molecule has 9 heteroatoms. The van der Waals surface area contributed by atoms with E-state index in [0.717, 1.165) is 33.2 Å². The van der Waals surface area contributed by atoms with Gasteiger partial charge in [-0.25, -0.2) is 9.97 Å². The van der Waals surface area contributed by atoms with Gasteiger partial charge in [-0.2, -0.15) is 0 Å². The molecule has 9 nitrogen and oxygen atoms in total. The predicted molar refractivity (Wildman–Crippen MR) is 149 cm³/mol. The van der Waals surface area contributed by atoms with Crippen molar-refractivity contribution in [2.45, 2.75) is 6.10 Å². The van der Waals surface area contributed by atoms with Crippen LogP contribution in [0.1, 0.15) is 0 Å². The fraction of sp³-hybridized carbons (Fsp3) is 0.167. The minimum absolute atomic E-state index is 0.110. The van der Waals surface area contributed by atoms with Gasteiger partial charge in [0, 0.05) is 16.8 Å². The van der Waals surface area contributed by atoms with Crippen LogP contribution in [0.5, 0.6) is 17.2 Å². The number of nitrogens with one attached hydrogen (secondary N) is 1. The Bertz CT molecular complexity index is 1710. The van der Waals surface area contributed by atoms with Gasteiger partial charge in [-0.05, 0) is 53.6 Å². The molecule has 0 radical (unpaired) electrons. The summed E-state index contributed by atoms with van der Waals surface area (Å²) in [5.74, 6) is 2.25. The number of likely N-dealkylation sites (tertiary alicyclic amines) is 1. The van der Waals surface area contributed by atoms with E-state index in [9.17, 15) is 4.79 Å². The maximum atomic E-state index is 11.8. The maximum Gasteiger partial charge on any atom is 0.246 e. The Kier molecular flexibility index (Phi) is 6.24. The third kappa shape index (κ3) is 4.59. The normalized spacial score (nSPS) is 13.2. The summed E-state index contributed by atoms with van der Waals surface area (Å²) in [7, 11) is 3.21. The van der Waals surface area contributed by atoms with E-state index in [2.05, 4.69) is 27.9 Å². The average Bonchev–Trinajstić information content (AvgIpc) is 3.42. The number of hydrogen-bond acceptors (Lipinski definition) is 8. The number of fused-ring (bicyclic) bond motifs is 2. The van der Waals surface area contributed by atoms with Crippen molar-refractivity contribution < 1.29 is 23.4 Å². The smallest absolute Gasteiger partial charge is 0.246 e. The van der Waals surface area contributed by atoms with Gasteiger partial charge in [0.25, 0.3) is 0 Å². The zero-order valence-corrected chi connectivity index (χ0v) is 21.5. The maximum absolute atomic E-state index is 11.8. The molecule has 5 aromatic rings. The quantitative estimate of drug-likeness (QED) is 0.264. The molecule has 1 aliphatic heterocycles. The Morgan fingerprint density at radius 2 is 1.79 bits per heavy atom. The molecule has 2 aromatic heterocycles. The number of ether oxygens (including phenoxy) is 3. The van der Waals surface area contributed by atoms with Crippen LogP contribution in [-0.4, -0.2) is 54.2 Å². The molecular formula is C30H26N4O5. The fourth-order valence-electron chi connectivity index (χ4n) is 4.68. The number of hydrogen-bond donors (Lipinski definition) is 1. The third-order valence-corrected chi connectivity index (χ3v) is 6.79. The summed E-state index contributed by atoms with van der Waals surface area (Å²) in [6.07, 6.45) is 4.34. The number of carbonyl (C=O) groups excluding carboxylic acids is 1. The molecule has 0 spiro atoms. The van der Waals surface area contributed by atoms with Crippen LogP contribution in [-0.2, 0) is 4.79 Å². The number of rotatable bonds is 8. The van der Waals surface area contributed by atoms with Crippen molar-refractivity contribution in [3.8, 4) is 28.4 Å². The predicted octanol–water partition coefficient (Wildman–Crippen LogP) is 5.58. The van der Waals surface area contributed by atoms with Crippen LogP contribution in [0, 0.1) is 0 Å². The first kappa shape index (κ1) is 24.3. The highest BCUT2D eigenvalue weighted by atomic mass is 16.5. The Morgan fingerprint density at radius 3 is 2.59 bits per heavy atom. The lowest BCUT2D eigenvalue weighted by Gasteiger charge is -2.38. The largest absolute Gasteiger partial charge is 0.495 e. The summed E-state index contributed by atoms with van der Waals surface area (Å²) in [6, 6.07) is 17.7. The van der Waals surface area contributed by atoms with Gasteiger partial charge in [0.05, 0.1) is 44.8 Å². The Balaban J connectivity index is 1.33. The third-order valence-electron chi connectivity index (χ3n) is 6.79. The number of anilines is 2. The Hall–Kier alpha value is -5.05. The topological polar surface area (TPSA) is 99.0 Å². The van der Waals surface area contributed by atoms with Gasteiger partial charge in [0.15, 0.2) is 11.5 Å². The molecule has 0 saturated carbocycles. The number of aromatic nitrogens is 2. The molecule has 0 atom stereocenters. The zero-order valence-electron chi connectivity index (χ0n) is 21.5. The zero-order chi connectivity index (χ0) is 26.9. The molecule has 1 aliphatic rings. The molecule has 39 heavy (non-hydrogen) atoms. The van der Waals surface area contributed by atoms with E-state index in [-0.39, 0.29) is 12.0 Å². The van der Waals surface area contributed by atoms with Crippen LogP contribution in [0.4, 0.5) is 11.5 Å². The Labute approximate surface area is 224 Å². The van der Waals surface area contributed by atoms with Crippen molar-refractivity contribution in [1.82, 2.24) is 14.9 Å². The van der Waals surface area contributed by atoms with Gasteiger partial charge >= 0.3 is 0 Å². The minimum atomic E-state index is -0.148. The summed E-state index contributed by atoms with van der Waals surface area (Å²) >= 11 is 0. The molecule has 6 rings (SSSR count). The molecule has 1 amide bonds. The van der Waals surface area contributed by atoms with Gasteiger partial charge in [-0.15, -0.1) is 0 Å². The van der Waals surface area contributed by atoms with E-state index in [1.165, 1.54) is 12.4 Å². The molecule has 1 saturated heterocycles. The number of furan rings is 1. The summed E-state index contributed by atoms with van der Waals surface area (Å²) < 4.78 is 22.9. The number of carbonyl (C=O) groups is 1. The van der Waals surface area contributed by atoms with Crippen LogP contribution in [0.15, 0.2) is 84.3 Å². The molecule has 0 aliphatic carbocycles. The molecule has 196 valence electrons. The second kappa shape index (κ2) is 10.0. The number of benzene rings is 3. The van der Waals surface area contributed by atoms with Gasteiger partial charge in [0.1, 0.15) is 29.6 Å². The molecule has 3 heterocycles. The molecule has 1 N–H and O–H groups in total. The molecule has 3 aromatic carbocycles. The fourth-order valence-corrected chi connectivity index (χ4v) is 4.68. The summed E-state index contributed by atoms with van der Waals surface area (Å²) in [4.78, 5) is 22.4. The summed E-state index contributed by atoms with van der Waals surface area (Å²) in [5.41, 5.74) is 4.34. The number of amides is 1. The van der Waals surface area contributed by atoms with E-state index in [4.69, 9.17) is 18.6 Å². The van der Waals surface area contributed by atoms with Gasteiger partial charge in [-0.1, -0.05) is 18.7 Å². The van der Waals surface area contributed by atoms with E-state index >= 15 is 0 Å². The first-order valence-corrected chi connectivity index (χ1v) is 12.4. The van der Waals surface area contributed by atoms with Crippen molar-refractivity contribution in [2.24, 2.45) is 0 Å². The van der Waals surface area contributed by atoms with Crippen molar-refractivity contribution in [1.29, 1.82) is 0 Å². The van der Waals surface area contributed by atoms with Gasteiger partial charge in [0.2, 0.25) is 5.91 Å². The molecular weight excluding hydrogens is 496 g/mol. The van der Waals surface area contributed by atoms with E-state index in [0.29, 0.717) is 41.7 Å². The average molecular weight is 523 g/mol.